The van der Waals surface area contributed by atoms with Gasteiger partial charge >= 0.3 is 0 Å². The summed E-state index contributed by atoms with van der Waals surface area (Å²) in [4.78, 5) is 4.91. The molecule has 0 spiro atoms. The van der Waals surface area contributed by atoms with Gasteiger partial charge in [0, 0.05) is 28.4 Å². The smallest absolute Gasteiger partial charge is 0.165 e. The van der Waals surface area contributed by atoms with E-state index in [2.05, 4.69) is 17.4 Å². The average Bonchev–Trinajstić information content (AvgIpc) is 3.08. The van der Waals surface area contributed by atoms with Gasteiger partial charge in [-0.05, 0) is 57.0 Å². The topological polar surface area (TPSA) is 51.5 Å². The van der Waals surface area contributed by atoms with Crippen molar-refractivity contribution in [2.24, 2.45) is 0 Å². The molecule has 0 aliphatic heterocycles. The molecule has 0 bridgehead atoms. The average molecular weight is 421 g/mol. The van der Waals surface area contributed by atoms with Crippen molar-refractivity contribution >= 4 is 28.8 Å². The molecule has 30 heavy (non-hydrogen) atoms. The van der Waals surface area contributed by atoms with Crippen LogP contribution in [0.3, 0.4) is 0 Å². The van der Waals surface area contributed by atoms with Crippen LogP contribution in [0.25, 0.3) is 16.8 Å². The van der Waals surface area contributed by atoms with Crippen LogP contribution in [0.15, 0.2) is 54.6 Å². The monoisotopic (exact) mass is 420 g/mol. The molecule has 2 heterocycles. The van der Waals surface area contributed by atoms with Gasteiger partial charge in [-0.1, -0.05) is 30.3 Å². The Labute approximate surface area is 181 Å². The van der Waals surface area contributed by atoms with Gasteiger partial charge in [-0.15, -0.1) is 11.6 Å². The van der Waals surface area contributed by atoms with Crippen molar-refractivity contribution in [1.29, 1.82) is 0 Å². The van der Waals surface area contributed by atoms with E-state index in [0.717, 1.165) is 51.0 Å². The summed E-state index contributed by atoms with van der Waals surface area (Å²) in [6, 6.07) is 18.2. The highest BCUT2D eigenvalue weighted by atomic mass is 35.5. The van der Waals surface area contributed by atoms with E-state index in [4.69, 9.17) is 26.4 Å². The number of nitrogens with zero attached hydrogens (tertiary/aromatic N) is 3. The molecule has 0 aliphatic carbocycles. The molecule has 0 radical (unpaired) electrons. The molecular formula is C24H25ClN4O. The second-order valence-electron chi connectivity index (χ2n) is 7.11. The van der Waals surface area contributed by atoms with E-state index in [9.17, 15) is 0 Å². The van der Waals surface area contributed by atoms with Crippen molar-refractivity contribution in [1.82, 2.24) is 14.6 Å². The predicted molar refractivity (Wildman–Crippen MR) is 123 cm³/mol. The summed E-state index contributed by atoms with van der Waals surface area (Å²) in [7, 11) is 0. The lowest BCUT2D eigenvalue weighted by atomic mass is 10.1. The van der Waals surface area contributed by atoms with Crippen molar-refractivity contribution in [2.75, 3.05) is 17.8 Å². The number of fused-ring (bicyclic) bond motifs is 1. The molecule has 0 fully saturated rings. The number of alkyl halides is 1. The Hall–Kier alpha value is -3.05. The molecule has 4 rings (SSSR count). The fourth-order valence-electron chi connectivity index (χ4n) is 3.70. The Morgan fingerprint density at radius 1 is 1.00 bits per heavy atom. The quantitative estimate of drug-likeness (QED) is 0.376. The lowest BCUT2D eigenvalue weighted by molar-refractivity contribution is 0.340. The predicted octanol–water partition coefficient (Wildman–Crippen LogP) is 5.94. The highest BCUT2D eigenvalue weighted by Crippen LogP contribution is 2.32. The number of benzene rings is 2. The first-order valence-corrected chi connectivity index (χ1v) is 10.7. The summed E-state index contributed by atoms with van der Waals surface area (Å²) >= 11 is 6.12. The van der Waals surface area contributed by atoms with Crippen LogP contribution in [0.1, 0.15) is 23.9 Å². The van der Waals surface area contributed by atoms with Gasteiger partial charge in [-0.2, -0.15) is 9.61 Å². The van der Waals surface area contributed by atoms with E-state index in [0.29, 0.717) is 18.9 Å². The van der Waals surface area contributed by atoms with E-state index < -0.39 is 0 Å². The van der Waals surface area contributed by atoms with Crippen LogP contribution in [0.5, 0.6) is 5.75 Å². The number of aryl methyl sites for hydroxylation is 2. The molecule has 0 atom stereocenters. The van der Waals surface area contributed by atoms with Crippen molar-refractivity contribution in [2.45, 2.75) is 27.2 Å². The Balaban J connectivity index is 1.87. The summed E-state index contributed by atoms with van der Waals surface area (Å²) in [5, 5.41) is 8.39. The first-order chi connectivity index (χ1) is 14.6. The highest BCUT2D eigenvalue weighted by molar-refractivity contribution is 6.18. The molecule has 2 aromatic heterocycles. The maximum Gasteiger partial charge on any atom is 0.165 e. The standard InChI is InChI=1S/C24H25ClN4O/c1-4-30-20-12-10-19(11-13-20)27-23-21(14-15-25)16(2)26-24-22(17(3)28-29(23)24)18-8-6-5-7-9-18/h5-13,27H,4,14-15H2,1-3H3. The van der Waals surface area contributed by atoms with Gasteiger partial charge in [0.1, 0.15) is 11.6 Å². The van der Waals surface area contributed by atoms with Crippen LogP contribution >= 0.6 is 11.6 Å². The Bertz CT molecular complexity index is 1150. The van der Waals surface area contributed by atoms with Crippen molar-refractivity contribution in [3.8, 4) is 16.9 Å². The molecule has 0 unspecified atom stereocenters. The first kappa shape index (κ1) is 20.2. The normalized spacial score (nSPS) is 11.1. The van der Waals surface area contributed by atoms with Gasteiger partial charge in [-0.25, -0.2) is 4.98 Å². The lowest BCUT2D eigenvalue weighted by Gasteiger charge is -2.16. The van der Waals surface area contributed by atoms with Crippen LogP contribution in [-0.2, 0) is 6.42 Å². The fraction of sp³-hybridized carbons (Fsp3) is 0.250. The second kappa shape index (κ2) is 8.76. The van der Waals surface area contributed by atoms with Crippen LogP contribution < -0.4 is 10.1 Å². The van der Waals surface area contributed by atoms with Crippen LogP contribution in [-0.4, -0.2) is 27.1 Å². The van der Waals surface area contributed by atoms with Crippen LogP contribution in [0.4, 0.5) is 11.5 Å². The summed E-state index contributed by atoms with van der Waals surface area (Å²) < 4.78 is 7.46. The number of nitrogens with one attached hydrogen (secondary N) is 1. The van der Waals surface area contributed by atoms with E-state index in [1.165, 1.54) is 0 Å². The Morgan fingerprint density at radius 3 is 2.40 bits per heavy atom. The largest absolute Gasteiger partial charge is 0.494 e. The molecule has 0 saturated carbocycles. The number of hydrogen-bond donors (Lipinski definition) is 1. The Kier molecular flexibility index (Phi) is 5.91. The minimum absolute atomic E-state index is 0.512. The van der Waals surface area contributed by atoms with E-state index in [-0.39, 0.29) is 0 Å². The van der Waals surface area contributed by atoms with E-state index in [1.54, 1.807) is 0 Å². The molecular weight excluding hydrogens is 396 g/mol. The molecule has 1 N–H and O–H groups in total. The summed E-state index contributed by atoms with van der Waals surface area (Å²) in [5.74, 6) is 2.26. The molecule has 4 aromatic rings. The third kappa shape index (κ3) is 3.85. The zero-order chi connectivity index (χ0) is 21.1. The number of aromatic nitrogens is 3. The maximum atomic E-state index is 6.12. The zero-order valence-electron chi connectivity index (χ0n) is 17.4. The minimum Gasteiger partial charge on any atom is -0.494 e. The number of hydrogen-bond acceptors (Lipinski definition) is 4. The van der Waals surface area contributed by atoms with Crippen molar-refractivity contribution in [3.05, 3.63) is 71.5 Å². The highest BCUT2D eigenvalue weighted by Gasteiger charge is 2.20. The Morgan fingerprint density at radius 2 is 1.73 bits per heavy atom. The molecule has 0 saturated heterocycles. The summed E-state index contributed by atoms with van der Waals surface area (Å²) in [6.45, 7) is 6.67. The molecule has 6 heteroatoms. The van der Waals surface area contributed by atoms with E-state index in [1.807, 2.05) is 67.8 Å². The molecule has 0 aliphatic rings. The van der Waals surface area contributed by atoms with Gasteiger partial charge in [0.05, 0.1) is 12.3 Å². The van der Waals surface area contributed by atoms with Crippen LogP contribution in [0, 0.1) is 13.8 Å². The van der Waals surface area contributed by atoms with Gasteiger partial charge in [0.25, 0.3) is 0 Å². The van der Waals surface area contributed by atoms with Gasteiger partial charge in [0.2, 0.25) is 0 Å². The maximum absolute atomic E-state index is 6.12. The SMILES string of the molecule is CCOc1ccc(Nc2c(CCCl)c(C)nc3c(-c4ccccc4)c(C)nn23)cc1. The third-order valence-electron chi connectivity index (χ3n) is 5.08. The lowest BCUT2D eigenvalue weighted by Crippen LogP contribution is -2.09. The molecule has 154 valence electrons. The van der Waals surface area contributed by atoms with E-state index >= 15 is 0 Å². The number of anilines is 2. The molecule has 0 amide bonds. The second-order valence-corrected chi connectivity index (χ2v) is 7.49. The number of rotatable bonds is 7. The van der Waals surface area contributed by atoms with Crippen LogP contribution in [0.2, 0.25) is 0 Å². The number of ether oxygens (including phenoxy) is 1. The summed E-state index contributed by atoms with van der Waals surface area (Å²) in [5.41, 5.74) is 6.89. The number of halogens is 1. The van der Waals surface area contributed by atoms with Gasteiger partial charge in [-0.3, -0.25) is 0 Å². The first-order valence-electron chi connectivity index (χ1n) is 10.1. The summed E-state index contributed by atoms with van der Waals surface area (Å²) in [6.07, 6.45) is 0.704. The van der Waals surface area contributed by atoms with Gasteiger partial charge < -0.3 is 10.1 Å². The molecule has 5 nitrogen and oxygen atoms in total. The van der Waals surface area contributed by atoms with Gasteiger partial charge in [0.15, 0.2) is 5.65 Å². The molecule has 2 aromatic carbocycles. The third-order valence-corrected chi connectivity index (χ3v) is 5.27. The van der Waals surface area contributed by atoms with Crippen molar-refractivity contribution in [3.63, 3.8) is 0 Å². The zero-order valence-corrected chi connectivity index (χ0v) is 18.2. The minimum atomic E-state index is 0.512. The van der Waals surface area contributed by atoms with Crippen molar-refractivity contribution < 1.29 is 4.74 Å². The fourth-order valence-corrected chi connectivity index (χ4v) is 3.89.